The van der Waals surface area contributed by atoms with Crippen LogP contribution in [0.25, 0.3) is 0 Å². The molecule has 1 nitrogen and oxygen atoms in total. The molecule has 1 saturated carbocycles. The summed E-state index contributed by atoms with van der Waals surface area (Å²) in [4.78, 5) is 0. The molecule has 1 fully saturated rings. The fourth-order valence-electron chi connectivity index (χ4n) is 1.71. The Hall–Kier alpha value is -0.690. The lowest BCUT2D eigenvalue weighted by Gasteiger charge is -2.11. The predicted octanol–water partition coefficient (Wildman–Crippen LogP) is 3.26. The van der Waals surface area contributed by atoms with E-state index in [9.17, 15) is 0 Å². The molecule has 76 valence electrons. The summed E-state index contributed by atoms with van der Waals surface area (Å²) in [6.45, 7) is 0. The zero-order valence-corrected chi connectivity index (χ0v) is 9.13. The molecule has 1 aromatic carbocycles. The molecule has 2 heteroatoms. The standard InChI is InChI=1S/C12H15ClO/c1-14-12-5-3-2-4-10(12)8-11(13)9-6-7-9/h2-5,9,11H,6-8H2,1H3. The van der Waals surface area contributed by atoms with Crippen molar-refractivity contribution in [2.75, 3.05) is 7.11 Å². The van der Waals surface area contributed by atoms with Gasteiger partial charge in [0, 0.05) is 5.38 Å². The van der Waals surface area contributed by atoms with Gasteiger partial charge in [-0.25, -0.2) is 0 Å². The molecule has 1 aliphatic carbocycles. The number of alkyl halides is 1. The highest BCUT2D eigenvalue weighted by atomic mass is 35.5. The summed E-state index contributed by atoms with van der Waals surface area (Å²) in [5.74, 6) is 1.69. The van der Waals surface area contributed by atoms with E-state index in [1.807, 2.05) is 18.2 Å². The van der Waals surface area contributed by atoms with Crippen molar-refractivity contribution in [3.8, 4) is 5.75 Å². The summed E-state index contributed by atoms with van der Waals surface area (Å²) in [5, 5.41) is 0.284. The summed E-state index contributed by atoms with van der Waals surface area (Å²) in [6.07, 6.45) is 3.52. The van der Waals surface area contributed by atoms with Gasteiger partial charge in [-0.2, -0.15) is 0 Å². The van der Waals surface area contributed by atoms with Crippen LogP contribution in [0.5, 0.6) is 5.75 Å². The largest absolute Gasteiger partial charge is 0.496 e. The van der Waals surface area contributed by atoms with E-state index in [0.29, 0.717) is 0 Å². The third-order valence-electron chi connectivity index (χ3n) is 2.74. The smallest absolute Gasteiger partial charge is 0.122 e. The van der Waals surface area contributed by atoms with Crippen LogP contribution in [0.15, 0.2) is 24.3 Å². The van der Waals surface area contributed by atoms with Crippen molar-refractivity contribution in [2.24, 2.45) is 5.92 Å². The Morgan fingerprint density at radius 3 is 2.79 bits per heavy atom. The normalized spacial score (nSPS) is 17.9. The van der Waals surface area contributed by atoms with Crippen molar-refractivity contribution in [2.45, 2.75) is 24.6 Å². The Labute approximate surface area is 90.0 Å². The molecule has 0 amide bonds. The highest BCUT2D eigenvalue weighted by Gasteiger charge is 2.30. The predicted molar refractivity (Wildman–Crippen MR) is 59.1 cm³/mol. The first-order chi connectivity index (χ1) is 6.81. The van der Waals surface area contributed by atoms with E-state index < -0.39 is 0 Å². The lowest BCUT2D eigenvalue weighted by atomic mass is 10.1. The van der Waals surface area contributed by atoms with E-state index in [1.54, 1.807) is 7.11 Å². The number of para-hydroxylation sites is 1. The lowest BCUT2D eigenvalue weighted by molar-refractivity contribution is 0.409. The first-order valence-corrected chi connectivity index (χ1v) is 5.51. The minimum absolute atomic E-state index is 0.284. The molecule has 1 atom stereocenters. The highest BCUT2D eigenvalue weighted by molar-refractivity contribution is 6.21. The van der Waals surface area contributed by atoms with E-state index in [4.69, 9.17) is 16.3 Å². The van der Waals surface area contributed by atoms with Crippen LogP contribution in [0.4, 0.5) is 0 Å². The van der Waals surface area contributed by atoms with Gasteiger partial charge < -0.3 is 4.74 Å². The van der Waals surface area contributed by atoms with Gasteiger partial charge in [0.05, 0.1) is 7.11 Å². The number of halogens is 1. The topological polar surface area (TPSA) is 9.23 Å². The molecule has 2 rings (SSSR count). The van der Waals surface area contributed by atoms with Gasteiger partial charge in [-0.05, 0) is 36.8 Å². The molecular formula is C12H15ClO. The SMILES string of the molecule is COc1ccccc1CC(Cl)C1CC1. The minimum Gasteiger partial charge on any atom is -0.496 e. The minimum atomic E-state index is 0.284. The van der Waals surface area contributed by atoms with Crippen LogP contribution in [-0.4, -0.2) is 12.5 Å². The van der Waals surface area contributed by atoms with Gasteiger partial charge >= 0.3 is 0 Å². The Bertz CT molecular complexity index is 307. The number of rotatable bonds is 4. The van der Waals surface area contributed by atoms with E-state index >= 15 is 0 Å². The second-order valence-corrected chi connectivity index (χ2v) is 4.43. The maximum absolute atomic E-state index is 6.29. The number of hydrogen-bond acceptors (Lipinski definition) is 1. The molecule has 0 aromatic heterocycles. The van der Waals surface area contributed by atoms with Crippen molar-refractivity contribution in [1.82, 2.24) is 0 Å². The summed E-state index contributed by atoms with van der Waals surface area (Å²) >= 11 is 6.29. The first-order valence-electron chi connectivity index (χ1n) is 5.07. The van der Waals surface area contributed by atoms with Crippen molar-refractivity contribution < 1.29 is 4.74 Å². The van der Waals surface area contributed by atoms with Gasteiger partial charge in [0.1, 0.15) is 5.75 Å². The van der Waals surface area contributed by atoms with E-state index in [0.717, 1.165) is 18.1 Å². The van der Waals surface area contributed by atoms with Crippen molar-refractivity contribution >= 4 is 11.6 Å². The van der Waals surface area contributed by atoms with Gasteiger partial charge in [0.25, 0.3) is 0 Å². The number of methoxy groups -OCH3 is 1. The van der Waals surface area contributed by atoms with Crippen molar-refractivity contribution in [1.29, 1.82) is 0 Å². The molecule has 0 aliphatic heterocycles. The van der Waals surface area contributed by atoms with Gasteiger partial charge in [-0.3, -0.25) is 0 Å². The van der Waals surface area contributed by atoms with Crippen LogP contribution in [0, 0.1) is 5.92 Å². The van der Waals surface area contributed by atoms with Crippen molar-refractivity contribution in [3.63, 3.8) is 0 Å². The molecule has 0 radical (unpaired) electrons. The quantitative estimate of drug-likeness (QED) is 0.694. The Kier molecular flexibility index (Phi) is 2.97. The molecule has 0 saturated heterocycles. The molecular weight excluding hydrogens is 196 g/mol. The second-order valence-electron chi connectivity index (χ2n) is 3.87. The van der Waals surface area contributed by atoms with Gasteiger partial charge in [-0.15, -0.1) is 11.6 Å². The maximum Gasteiger partial charge on any atom is 0.122 e. The Morgan fingerprint density at radius 2 is 2.14 bits per heavy atom. The molecule has 1 aromatic rings. The van der Waals surface area contributed by atoms with Gasteiger partial charge in [-0.1, -0.05) is 18.2 Å². The van der Waals surface area contributed by atoms with E-state index in [2.05, 4.69) is 6.07 Å². The fraction of sp³-hybridized carbons (Fsp3) is 0.500. The summed E-state index contributed by atoms with van der Waals surface area (Å²) < 4.78 is 5.29. The third-order valence-corrected chi connectivity index (χ3v) is 3.25. The zero-order chi connectivity index (χ0) is 9.97. The third kappa shape index (κ3) is 2.21. The van der Waals surface area contributed by atoms with Crippen LogP contribution in [0.2, 0.25) is 0 Å². The molecule has 0 bridgehead atoms. The van der Waals surface area contributed by atoms with Crippen LogP contribution in [-0.2, 0) is 6.42 Å². The monoisotopic (exact) mass is 210 g/mol. The molecule has 0 N–H and O–H groups in total. The number of ether oxygens (including phenoxy) is 1. The molecule has 0 heterocycles. The number of hydrogen-bond donors (Lipinski definition) is 0. The van der Waals surface area contributed by atoms with Crippen molar-refractivity contribution in [3.05, 3.63) is 29.8 Å². The van der Waals surface area contributed by atoms with Crippen LogP contribution < -0.4 is 4.74 Å². The van der Waals surface area contributed by atoms with Gasteiger partial charge in [0.15, 0.2) is 0 Å². The molecule has 1 unspecified atom stereocenters. The van der Waals surface area contributed by atoms with E-state index in [1.165, 1.54) is 18.4 Å². The van der Waals surface area contributed by atoms with Crippen LogP contribution in [0.1, 0.15) is 18.4 Å². The molecule has 0 spiro atoms. The summed E-state index contributed by atoms with van der Waals surface area (Å²) in [5.41, 5.74) is 1.22. The fourth-order valence-corrected chi connectivity index (χ4v) is 2.12. The van der Waals surface area contributed by atoms with Gasteiger partial charge in [0.2, 0.25) is 0 Å². The average Bonchev–Trinajstić information content (AvgIpc) is 3.02. The summed E-state index contributed by atoms with van der Waals surface area (Å²) in [6, 6.07) is 8.11. The average molecular weight is 211 g/mol. The number of benzene rings is 1. The van der Waals surface area contributed by atoms with E-state index in [-0.39, 0.29) is 5.38 Å². The maximum atomic E-state index is 6.29. The highest BCUT2D eigenvalue weighted by Crippen LogP contribution is 2.38. The van der Waals surface area contributed by atoms with Crippen LogP contribution >= 0.6 is 11.6 Å². The second kappa shape index (κ2) is 4.22. The molecule has 1 aliphatic rings. The Morgan fingerprint density at radius 1 is 1.43 bits per heavy atom. The summed E-state index contributed by atoms with van der Waals surface area (Å²) in [7, 11) is 1.71. The molecule has 14 heavy (non-hydrogen) atoms. The van der Waals surface area contributed by atoms with Crippen LogP contribution in [0.3, 0.4) is 0 Å². The zero-order valence-electron chi connectivity index (χ0n) is 8.37. The Balaban J connectivity index is 2.06. The first kappa shape index (κ1) is 9.85. The lowest BCUT2D eigenvalue weighted by Crippen LogP contribution is -2.06.